The highest BCUT2D eigenvalue weighted by molar-refractivity contribution is 7.91. The van der Waals surface area contributed by atoms with Gasteiger partial charge in [-0.1, -0.05) is 26.0 Å². The minimum absolute atomic E-state index is 0.0721. The van der Waals surface area contributed by atoms with E-state index in [1.807, 2.05) is 56.3 Å². The van der Waals surface area contributed by atoms with E-state index < -0.39 is 9.84 Å². The largest absolute Gasteiger partial charge is 0.321 e. The van der Waals surface area contributed by atoms with Crippen LogP contribution in [0.5, 0.6) is 0 Å². The number of amides is 1. The lowest BCUT2D eigenvalue weighted by molar-refractivity contribution is 0.102. The summed E-state index contributed by atoms with van der Waals surface area (Å²) in [7, 11) is -3.05. The topological polar surface area (TPSA) is 93.9 Å². The molecule has 1 aliphatic rings. The fraction of sp³-hybridized carbons (Fsp3) is 0.292. The van der Waals surface area contributed by atoms with E-state index in [9.17, 15) is 13.2 Å². The second-order valence-corrected chi connectivity index (χ2v) is 11.9. The van der Waals surface area contributed by atoms with Crippen LogP contribution in [-0.4, -0.2) is 40.6 Å². The highest BCUT2D eigenvalue weighted by Crippen LogP contribution is 2.31. The van der Waals surface area contributed by atoms with Gasteiger partial charge in [0.2, 0.25) is 0 Å². The van der Waals surface area contributed by atoms with Crippen molar-refractivity contribution in [3.05, 3.63) is 66.0 Å². The molecule has 9 heteroatoms. The number of benzene rings is 2. The second kappa shape index (κ2) is 8.39. The zero-order valence-corrected chi connectivity index (χ0v) is 20.0. The van der Waals surface area contributed by atoms with Crippen molar-refractivity contribution in [3.63, 3.8) is 0 Å². The molecule has 1 unspecified atom stereocenters. The van der Waals surface area contributed by atoms with Crippen LogP contribution in [0.4, 0.5) is 5.69 Å². The van der Waals surface area contributed by atoms with Crippen molar-refractivity contribution < 1.29 is 13.2 Å². The minimum atomic E-state index is -3.05. The van der Waals surface area contributed by atoms with Crippen molar-refractivity contribution in [1.82, 2.24) is 14.8 Å². The third kappa shape index (κ3) is 4.43. The molecule has 4 aromatic rings. The van der Waals surface area contributed by atoms with Crippen molar-refractivity contribution in [3.8, 4) is 10.6 Å². The molecule has 1 aliphatic heterocycles. The summed E-state index contributed by atoms with van der Waals surface area (Å²) in [4.78, 5) is 17.6. The van der Waals surface area contributed by atoms with Crippen LogP contribution in [0.1, 0.15) is 48.4 Å². The Morgan fingerprint density at radius 2 is 1.91 bits per heavy atom. The third-order valence-corrected chi connectivity index (χ3v) is 8.66. The van der Waals surface area contributed by atoms with Crippen molar-refractivity contribution in [2.45, 2.75) is 32.2 Å². The highest BCUT2D eigenvalue weighted by atomic mass is 32.2. The molecular weight excluding hydrogens is 456 g/mol. The Morgan fingerprint density at radius 3 is 2.58 bits per heavy atom. The van der Waals surface area contributed by atoms with Gasteiger partial charge in [-0.3, -0.25) is 9.48 Å². The van der Waals surface area contributed by atoms with Crippen LogP contribution in [0.3, 0.4) is 0 Å². The Balaban J connectivity index is 1.34. The first-order valence-electron chi connectivity index (χ1n) is 10.9. The normalized spacial score (nSPS) is 17.6. The summed E-state index contributed by atoms with van der Waals surface area (Å²) in [5.41, 5.74) is 3.78. The monoisotopic (exact) mass is 480 g/mol. The Morgan fingerprint density at radius 1 is 1.15 bits per heavy atom. The van der Waals surface area contributed by atoms with E-state index in [0.717, 1.165) is 26.5 Å². The van der Waals surface area contributed by atoms with Gasteiger partial charge in [0.15, 0.2) is 15.5 Å². The fourth-order valence-corrected chi connectivity index (χ4v) is 6.76. The molecule has 1 fully saturated rings. The lowest BCUT2D eigenvalue weighted by Crippen LogP contribution is -2.17. The van der Waals surface area contributed by atoms with Crippen molar-refractivity contribution >= 4 is 43.0 Å². The van der Waals surface area contributed by atoms with Gasteiger partial charge in [-0.25, -0.2) is 13.4 Å². The zero-order valence-electron chi connectivity index (χ0n) is 18.4. The number of aromatic nitrogens is 3. The number of rotatable bonds is 5. The first-order valence-corrected chi connectivity index (χ1v) is 13.5. The highest BCUT2D eigenvalue weighted by Gasteiger charge is 2.32. The van der Waals surface area contributed by atoms with Gasteiger partial charge in [-0.2, -0.15) is 5.10 Å². The average Bonchev–Trinajstić information content (AvgIpc) is 3.50. The maximum absolute atomic E-state index is 12.9. The Hall–Kier alpha value is -3.04. The molecule has 0 saturated carbocycles. The van der Waals surface area contributed by atoms with Gasteiger partial charge < -0.3 is 5.32 Å². The van der Waals surface area contributed by atoms with E-state index in [2.05, 4.69) is 21.5 Å². The quantitative estimate of drug-likeness (QED) is 0.439. The molecule has 2 aromatic carbocycles. The van der Waals surface area contributed by atoms with Crippen LogP contribution in [0.2, 0.25) is 0 Å². The number of sulfone groups is 1. The molecule has 1 saturated heterocycles. The maximum Gasteiger partial charge on any atom is 0.276 e. The first-order chi connectivity index (χ1) is 15.8. The van der Waals surface area contributed by atoms with E-state index in [1.54, 1.807) is 22.1 Å². The lowest BCUT2D eigenvalue weighted by Gasteiger charge is -2.15. The molecule has 5 rings (SSSR count). The molecule has 0 bridgehead atoms. The van der Waals surface area contributed by atoms with Gasteiger partial charge in [0.1, 0.15) is 5.01 Å². The summed E-state index contributed by atoms with van der Waals surface area (Å²) in [5.74, 6) is 0.0417. The van der Waals surface area contributed by atoms with E-state index in [1.165, 1.54) is 0 Å². The summed E-state index contributed by atoms with van der Waals surface area (Å²) >= 11 is 1.63. The summed E-state index contributed by atoms with van der Waals surface area (Å²) in [5, 5.41) is 8.33. The fourth-order valence-electron chi connectivity index (χ4n) is 4.10. The van der Waals surface area contributed by atoms with Crippen LogP contribution in [0, 0.1) is 0 Å². The lowest BCUT2D eigenvalue weighted by atomic mass is 10.1. The predicted octanol–water partition coefficient (Wildman–Crippen LogP) is 4.90. The maximum atomic E-state index is 12.9. The molecule has 3 heterocycles. The molecule has 1 N–H and O–H groups in total. The second-order valence-electron chi connectivity index (χ2n) is 8.63. The Labute approximate surface area is 196 Å². The van der Waals surface area contributed by atoms with Gasteiger partial charge in [-0.05, 0) is 54.8 Å². The number of para-hydroxylation sites is 1. The number of fused-ring (bicyclic) bond motifs is 1. The SMILES string of the molecule is CC(C)c1cc(C(=O)Nc2ccc(-c3nc4ccccc4s3)cc2)nn1C1CCS(=O)(=O)C1. The van der Waals surface area contributed by atoms with Gasteiger partial charge in [0.05, 0.1) is 27.8 Å². The smallest absolute Gasteiger partial charge is 0.276 e. The number of carbonyl (C=O) groups excluding carboxylic acids is 1. The number of hydrogen-bond donors (Lipinski definition) is 1. The Bertz CT molecular complexity index is 1400. The standard InChI is InChI=1S/C24H24N4O3S2/c1-15(2)21-13-20(27-28(21)18-11-12-33(30,31)14-18)23(29)25-17-9-7-16(8-10-17)24-26-19-5-3-4-6-22(19)32-24/h3-10,13,15,18H,11-12,14H2,1-2H3,(H,25,29). The number of anilines is 1. The van der Waals surface area contributed by atoms with E-state index in [4.69, 9.17) is 0 Å². The summed E-state index contributed by atoms with van der Waals surface area (Å²) in [6.07, 6.45) is 0.526. The zero-order chi connectivity index (χ0) is 23.2. The number of carbonyl (C=O) groups is 1. The van der Waals surface area contributed by atoms with E-state index in [0.29, 0.717) is 17.8 Å². The van der Waals surface area contributed by atoms with Crippen molar-refractivity contribution in [2.75, 3.05) is 16.8 Å². The number of hydrogen-bond acceptors (Lipinski definition) is 6. The third-order valence-electron chi connectivity index (χ3n) is 5.83. The van der Waals surface area contributed by atoms with E-state index in [-0.39, 0.29) is 29.4 Å². The van der Waals surface area contributed by atoms with Gasteiger partial charge >= 0.3 is 0 Å². The van der Waals surface area contributed by atoms with Gasteiger partial charge in [0, 0.05) is 16.9 Å². The molecule has 7 nitrogen and oxygen atoms in total. The van der Waals surface area contributed by atoms with Crippen molar-refractivity contribution in [1.29, 1.82) is 0 Å². The summed E-state index contributed by atoms with van der Waals surface area (Å²) in [6, 6.07) is 17.1. The Kier molecular flexibility index (Phi) is 5.54. The van der Waals surface area contributed by atoms with Crippen LogP contribution >= 0.6 is 11.3 Å². The first kappa shape index (κ1) is 21.8. The number of nitrogens with one attached hydrogen (secondary N) is 1. The van der Waals surface area contributed by atoms with Crippen molar-refractivity contribution in [2.24, 2.45) is 0 Å². The van der Waals surface area contributed by atoms with E-state index >= 15 is 0 Å². The summed E-state index contributed by atoms with van der Waals surface area (Å²) in [6.45, 7) is 4.03. The minimum Gasteiger partial charge on any atom is -0.321 e. The molecule has 0 aliphatic carbocycles. The van der Waals surface area contributed by atoms with Gasteiger partial charge in [-0.15, -0.1) is 11.3 Å². The number of thiazole rings is 1. The molecular formula is C24H24N4O3S2. The number of nitrogens with zero attached hydrogens (tertiary/aromatic N) is 3. The molecule has 170 valence electrons. The molecule has 2 aromatic heterocycles. The molecule has 1 amide bonds. The average molecular weight is 481 g/mol. The van der Waals surface area contributed by atoms with Gasteiger partial charge in [0.25, 0.3) is 5.91 Å². The molecule has 1 atom stereocenters. The van der Waals surface area contributed by atoms with Crippen LogP contribution in [-0.2, 0) is 9.84 Å². The molecule has 0 spiro atoms. The summed E-state index contributed by atoms with van der Waals surface area (Å²) < 4.78 is 26.7. The van der Waals surface area contributed by atoms with Crippen LogP contribution in [0.15, 0.2) is 54.6 Å². The molecule has 0 radical (unpaired) electrons. The van der Waals surface area contributed by atoms with Crippen LogP contribution < -0.4 is 5.32 Å². The molecule has 33 heavy (non-hydrogen) atoms. The predicted molar refractivity (Wildman–Crippen MR) is 132 cm³/mol. The van der Waals surface area contributed by atoms with Crippen LogP contribution in [0.25, 0.3) is 20.8 Å².